The molecular weight excluding hydrogens is 308 g/mol. The Kier molecular flexibility index (Phi) is 5.47. The van der Waals surface area contributed by atoms with Crippen molar-refractivity contribution in [1.82, 2.24) is 20.1 Å². The summed E-state index contributed by atoms with van der Waals surface area (Å²) in [5, 5.41) is 7.88. The van der Waals surface area contributed by atoms with Crippen LogP contribution < -0.4 is 0 Å². The monoisotopic (exact) mass is 338 g/mol. The third-order valence-electron chi connectivity index (χ3n) is 5.14. The summed E-state index contributed by atoms with van der Waals surface area (Å²) in [6.45, 7) is 7.63. The summed E-state index contributed by atoms with van der Waals surface area (Å²) >= 11 is 0. The van der Waals surface area contributed by atoms with Gasteiger partial charge in [-0.1, -0.05) is 32.4 Å². The van der Waals surface area contributed by atoms with Crippen molar-refractivity contribution in [2.24, 2.45) is 0 Å². The minimum Gasteiger partial charge on any atom is -0.375 e. The summed E-state index contributed by atoms with van der Waals surface area (Å²) in [6.07, 6.45) is 12.2. The van der Waals surface area contributed by atoms with Crippen molar-refractivity contribution in [3.63, 3.8) is 0 Å². The van der Waals surface area contributed by atoms with Gasteiger partial charge in [-0.05, 0) is 43.9 Å². The summed E-state index contributed by atoms with van der Waals surface area (Å²) in [5.41, 5.74) is 8.72. The number of rotatable bonds is 7. The zero-order chi connectivity index (χ0) is 17.8. The second-order valence-electron chi connectivity index (χ2n) is 6.78. The molecule has 25 heavy (non-hydrogen) atoms. The van der Waals surface area contributed by atoms with Crippen molar-refractivity contribution in [2.75, 3.05) is 13.6 Å². The Morgan fingerprint density at radius 3 is 2.76 bits per heavy atom. The van der Waals surface area contributed by atoms with Gasteiger partial charge in [0.05, 0.1) is 5.69 Å². The molecule has 2 heterocycles. The van der Waals surface area contributed by atoms with E-state index in [9.17, 15) is 0 Å². The van der Waals surface area contributed by atoms with Crippen LogP contribution in [0.2, 0.25) is 0 Å². The molecule has 1 aliphatic rings. The van der Waals surface area contributed by atoms with Crippen LogP contribution in [0.25, 0.3) is 17.5 Å². The highest BCUT2D eigenvalue weighted by Crippen LogP contribution is 2.29. The van der Waals surface area contributed by atoms with E-state index in [1.807, 2.05) is 0 Å². The van der Waals surface area contributed by atoms with E-state index in [2.05, 4.69) is 72.2 Å². The molecule has 0 fully saturated rings. The molecule has 0 saturated heterocycles. The third kappa shape index (κ3) is 3.58. The lowest BCUT2D eigenvalue weighted by molar-refractivity contribution is 0.455. The number of nitrogens with one attached hydrogen (secondary N) is 2. The fourth-order valence-corrected chi connectivity index (χ4v) is 3.41. The predicted octanol–water partition coefficient (Wildman–Crippen LogP) is 4.71. The minimum absolute atomic E-state index is 0.928. The van der Waals surface area contributed by atoms with Crippen molar-refractivity contribution >= 4 is 6.08 Å². The van der Waals surface area contributed by atoms with Crippen LogP contribution in [0.5, 0.6) is 0 Å². The fraction of sp³-hybridized carbons (Fsp3) is 0.476. The van der Waals surface area contributed by atoms with E-state index >= 15 is 0 Å². The molecule has 0 aliphatic heterocycles. The van der Waals surface area contributed by atoms with Crippen molar-refractivity contribution in [1.29, 1.82) is 0 Å². The summed E-state index contributed by atoms with van der Waals surface area (Å²) in [7, 11) is 2.14. The Balaban J connectivity index is 1.90. The first-order valence-corrected chi connectivity index (χ1v) is 9.55. The first-order valence-electron chi connectivity index (χ1n) is 9.55. The molecule has 0 bridgehead atoms. The van der Waals surface area contributed by atoms with E-state index in [1.165, 1.54) is 41.1 Å². The van der Waals surface area contributed by atoms with E-state index < -0.39 is 0 Å². The molecule has 0 atom stereocenters. The summed E-state index contributed by atoms with van der Waals surface area (Å²) in [5.74, 6) is 0. The normalized spacial score (nSPS) is 13.5. The lowest BCUT2D eigenvalue weighted by Crippen LogP contribution is -2.15. The number of H-pyrrole nitrogens is 2. The zero-order valence-corrected chi connectivity index (χ0v) is 15.9. The summed E-state index contributed by atoms with van der Waals surface area (Å²) < 4.78 is 0. The Morgan fingerprint density at radius 2 is 2.04 bits per heavy atom. The van der Waals surface area contributed by atoms with Gasteiger partial charge in [0.2, 0.25) is 0 Å². The van der Waals surface area contributed by atoms with Crippen LogP contribution in [0, 0.1) is 0 Å². The van der Waals surface area contributed by atoms with Crippen molar-refractivity contribution < 1.29 is 0 Å². The zero-order valence-electron chi connectivity index (χ0n) is 15.9. The highest BCUT2D eigenvalue weighted by molar-refractivity contribution is 5.68. The maximum Gasteiger partial charge on any atom is 0.112 e. The number of hydrogen-bond donors (Lipinski definition) is 2. The molecule has 2 aromatic rings. The number of fused-ring (bicyclic) bond motifs is 1. The number of likely N-dealkylation sites (N-methyl/N-ethyl adjacent to an activating group) is 1. The molecule has 2 aromatic heterocycles. The lowest BCUT2D eigenvalue weighted by atomic mass is 10.0. The minimum atomic E-state index is 0.928. The van der Waals surface area contributed by atoms with Gasteiger partial charge in [-0.25, -0.2) is 0 Å². The van der Waals surface area contributed by atoms with Crippen LogP contribution >= 0.6 is 0 Å². The Hall–Kier alpha value is -2.23. The van der Waals surface area contributed by atoms with Gasteiger partial charge in [-0.15, -0.1) is 0 Å². The average Bonchev–Trinajstić information content (AvgIpc) is 3.17. The van der Waals surface area contributed by atoms with E-state index in [1.54, 1.807) is 0 Å². The number of unbranched alkanes of at least 4 members (excludes halogenated alkanes) is 1. The highest BCUT2D eigenvalue weighted by atomic mass is 15.1. The first-order chi connectivity index (χ1) is 12.2. The van der Waals surface area contributed by atoms with E-state index in [4.69, 9.17) is 0 Å². The van der Waals surface area contributed by atoms with Gasteiger partial charge in [0.15, 0.2) is 0 Å². The smallest absolute Gasteiger partial charge is 0.112 e. The van der Waals surface area contributed by atoms with E-state index in [0.717, 1.165) is 37.2 Å². The number of aromatic nitrogens is 3. The van der Waals surface area contributed by atoms with Crippen molar-refractivity contribution in [2.45, 2.75) is 52.9 Å². The largest absolute Gasteiger partial charge is 0.375 e. The number of allylic oxidation sites excluding steroid dienone is 2. The molecule has 0 radical (unpaired) electrons. The van der Waals surface area contributed by atoms with Gasteiger partial charge < -0.3 is 9.88 Å². The SMILES string of the molecule is CCCCc1c(-c2cc3c([nH]2)CC=C(N(C)CC)C=C3)n[nH]c1CC. The van der Waals surface area contributed by atoms with Gasteiger partial charge in [0.25, 0.3) is 0 Å². The lowest BCUT2D eigenvalue weighted by Gasteiger charge is -2.17. The topological polar surface area (TPSA) is 47.7 Å². The summed E-state index contributed by atoms with van der Waals surface area (Å²) in [4.78, 5) is 5.90. The van der Waals surface area contributed by atoms with Crippen LogP contribution in [0.15, 0.2) is 23.9 Å². The second kappa shape index (κ2) is 7.77. The maximum atomic E-state index is 4.63. The molecular formula is C21H30N4. The first kappa shape index (κ1) is 17.6. The molecule has 4 heteroatoms. The van der Waals surface area contributed by atoms with Gasteiger partial charge in [0.1, 0.15) is 5.69 Å². The van der Waals surface area contributed by atoms with Gasteiger partial charge in [0, 0.05) is 42.7 Å². The van der Waals surface area contributed by atoms with Crippen LogP contribution in [0.4, 0.5) is 0 Å². The van der Waals surface area contributed by atoms with Crippen LogP contribution in [0.3, 0.4) is 0 Å². The van der Waals surface area contributed by atoms with Crippen LogP contribution in [-0.2, 0) is 19.3 Å². The quantitative estimate of drug-likeness (QED) is 0.768. The molecule has 0 unspecified atom stereocenters. The molecule has 4 nitrogen and oxygen atoms in total. The molecule has 134 valence electrons. The standard InChI is InChI=1S/C21H30N4/c1-5-8-9-17-18(6-2)23-24-21(17)20-14-15-10-11-16(25(4)7-3)12-13-19(15)22-20/h10-12,14,22H,5-9,13H2,1-4H3,(H,23,24). The second-order valence-corrected chi connectivity index (χ2v) is 6.78. The predicted molar refractivity (Wildman–Crippen MR) is 105 cm³/mol. The van der Waals surface area contributed by atoms with E-state index in [0.29, 0.717) is 0 Å². The average molecular weight is 338 g/mol. The molecule has 1 aliphatic carbocycles. The molecule has 0 amide bonds. The number of aromatic amines is 2. The van der Waals surface area contributed by atoms with Gasteiger partial charge >= 0.3 is 0 Å². The van der Waals surface area contributed by atoms with Crippen LogP contribution in [-0.4, -0.2) is 33.7 Å². The Bertz CT molecular complexity index is 776. The molecule has 0 aromatic carbocycles. The van der Waals surface area contributed by atoms with Gasteiger partial charge in [-0.2, -0.15) is 5.10 Å². The van der Waals surface area contributed by atoms with Crippen molar-refractivity contribution in [3.8, 4) is 11.4 Å². The number of hydrogen-bond acceptors (Lipinski definition) is 2. The Labute approximate surface area is 151 Å². The summed E-state index contributed by atoms with van der Waals surface area (Å²) in [6, 6.07) is 2.25. The van der Waals surface area contributed by atoms with E-state index in [-0.39, 0.29) is 0 Å². The number of nitrogens with zero attached hydrogens (tertiary/aromatic N) is 2. The van der Waals surface area contributed by atoms with Crippen LogP contribution in [0.1, 0.15) is 56.1 Å². The third-order valence-corrected chi connectivity index (χ3v) is 5.14. The van der Waals surface area contributed by atoms with Crippen molar-refractivity contribution in [3.05, 3.63) is 46.4 Å². The maximum absolute atomic E-state index is 4.63. The Morgan fingerprint density at radius 1 is 1.20 bits per heavy atom. The molecule has 2 N–H and O–H groups in total. The van der Waals surface area contributed by atoms with Gasteiger partial charge in [-0.3, -0.25) is 5.10 Å². The molecule has 3 rings (SSSR count). The number of aryl methyl sites for hydroxylation is 1. The fourth-order valence-electron chi connectivity index (χ4n) is 3.41. The molecule has 0 saturated carbocycles. The highest BCUT2D eigenvalue weighted by Gasteiger charge is 2.17. The molecule has 0 spiro atoms.